The van der Waals surface area contributed by atoms with Crippen LogP contribution in [-0.2, 0) is 6.54 Å². The van der Waals surface area contributed by atoms with Crippen LogP contribution in [0.3, 0.4) is 0 Å². The minimum atomic E-state index is -2.83. The maximum atomic E-state index is 12.4. The van der Waals surface area contributed by atoms with E-state index in [0.717, 1.165) is 6.42 Å². The van der Waals surface area contributed by atoms with E-state index in [1.54, 1.807) is 12.3 Å². The fourth-order valence-corrected chi connectivity index (χ4v) is 2.21. The summed E-state index contributed by atoms with van der Waals surface area (Å²) in [6, 6.07) is 14.9. The van der Waals surface area contributed by atoms with Crippen LogP contribution in [0.1, 0.15) is 18.7 Å². The van der Waals surface area contributed by atoms with Crippen LogP contribution in [0.5, 0.6) is 0 Å². The van der Waals surface area contributed by atoms with Gasteiger partial charge in [-0.3, -0.25) is 4.79 Å². The van der Waals surface area contributed by atoms with Crippen LogP contribution in [0.15, 0.2) is 63.9 Å². The summed E-state index contributed by atoms with van der Waals surface area (Å²) in [7, 11) is 0. The number of benzene rings is 1. The second kappa shape index (κ2) is 8.21. The SMILES string of the molecule is O=c1cc(-c2nnc(C(F)F)o2)ccn1CC1C#CC1.c1ccccc1. The molecule has 0 N–H and O–H groups in total. The second-order valence-electron chi connectivity index (χ2n) is 5.53. The smallest absolute Gasteiger partial charge is 0.314 e. The highest BCUT2D eigenvalue weighted by molar-refractivity contribution is 5.50. The molecule has 0 bridgehead atoms. The summed E-state index contributed by atoms with van der Waals surface area (Å²) in [5, 5.41) is 6.72. The third-order valence-corrected chi connectivity index (χ3v) is 3.61. The Bertz CT molecular complexity index is 945. The van der Waals surface area contributed by atoms with Gasteiger partial charge in [0.05, 0.1) is 0 Å². The molecule has 7 heteroatoms. The van der Waals surface area contributed by atoms with Gasteiger partial charge >= 0.3 is 6.43 Å². The van der Waals surface area contributed by atoms with Gasteiger partial charge in [0.15, 0.2) is 0 Å². The third-order valence-electron chi connectivity index (χ3n) is 3.61. The lowest BCUT2D eigenvalue weighted by atomic mass is 9.99. The Labute approximate surface area is 148 Å². The Morgan fingerprint density at radius 3 is 2.31 bits per heavy atom. The van der Waals surface area contributed by atoms with Crippen LogP contribution >= 0.6 is 0 Å². The highest BCUT2D eigenvalue weighted by Gasteiger charge is 2.18. The summed E-state index contributed by atoms with van der Waals surface area (Å²) in [4.78, 5) is 11.9. The van der Waals surface area contributed by atoms with E-state index in [0.29, 0.717) is 12.1 Å². The van der Waals surface area contributed by atoms with Crippen LogP contribution in [0.4, 0.5) is 8.78 Å². The molecule has 5 nitrogen and oxygen atoms in total. The molecule has 26 heavy (non-hydrogen) atoms. The first-order valence-electron chi connectivity index (χ1n) is 7.94. The zero-order valence-corrected chi connectivity index (χ0v) is 13.7. The molecular formula is C19H15F2N3O2. The highest BCUT2D eigenvalue weighted by atomic mass is 19.3. The molecule has 0 saturated carbocycles. The lowest BCUT2D eigenvalue weighted by molar-refractivity contribution is 0.116. The van der Waals surface area contributed by atoms with Gasteiger partial charge in [-0.1, -0.05) is 42.3 Å². The minimum Gasteiger partial charge on any atom is -0.415 e. The molecule has 0 saturated heterocycles. The second-order valence-corrected chi connectivity index (χ2v) is 5.53. The van der Waals surface area contributed by atoms with Crippen molar-refractivity contribution in [3.8, 4) is 23.3 Å². The number of pyridine rings is 1. The minimum absolute atomic E-state index is 0.0898. The number of hydrogen-bond acceptors (Lipinski definition) is 4. The molecule has 0 fully saturated rings. The number of alkyl halides is 2. The maximum absolute atomic E-state index is 12.4. The van der Waals surface area contributed by atoms with Gasteiger partial charge in [-0.05, 0) is 6.07 Å². The number of aromatic nitrogens is 3. The third kappa shape index (κ3) is 4.42. The number of halogens is 2. The van der Waals surface area contributed by atoms with Crippen LogP contribution < -0.4 is 5.56 Å². The van der Waals surface area contributed by atoms with Gasteiger partial charge in [-0.15, -0.1) is 16.1 Å². The molecule has 1 aliphatic rings. The summed E-state index contributed by atoms with van der Waals surface area (Å²) < 4.78 is 31.0. The van der Waals surface area contributed by atoms with Gasteiger partial charge in [-0.25, -0.2) is 0 Å². The lowest BCUT2D eigenvalue weighted by Crippen LogP contribution is -2.24. The van der Waals surface area contributed by atoms with Gasteiger partial charge < -0.3 is 8.98 Å². The van der Waals surface area contributed by atoms with Gasteiger partial charge in [0.1, 0.15) is 0 Å². The molecule has 1 unspecified atom stereocenters. The first kappa shape index (κ1) is 17.5. The summed E-state index contributed by atoms with van der Waals surface area (Å²) in [5.41, 5.74) is 0.0679. The Balaban J connectivity index is 0.000000278. The molecule has 1 aromatic carbocycles. The monoisotopic (exact) mass is 355 g/mol. The molecular weight excluding hydrogens is 340 g/mol. The zero-order chi connectivity index (χ0) is 18.4. The van der Waals surface area contributed by atoms with E-state index in [2.05, 4.69) is 22.0 Å². The van der Waals surface area contributed by atoms with E-state index in [-0.39, 0.29) is 17.4 Å². The molecule has 0 radical (unpaired) electrons. The van der Waals surface area contributed by atoms with Gasteiger partial charge in [0.2, 0.25) is 5.89 Å². The Hall–Kier alpha value is -3.27. The van der Waals surface area contributed by atoms with Crippen LogP contribution in [0.25, 0.3) is 11.5 Å². The van der Waals surface area contributed by atoms with E-state index in [4.69, 9.17) is 4.42 Å². The first-order chi connectivity index (χ1) is 12.6. The van der Waals surface area contributed by atoms with Gasteiger partial charge in [0.25, 0.3) is 11.4 Å². The molecule has 0 aliphatic heterocycles. The van der Waals surface area contributed by atoms with Crippen molar-refractivity contribution in [2.75, 3.05) is 0 Å². The van der Waals surface area contributed by atoms with Crippen molar-refractivity contribution in [1.82, 2.24) is 14.8 Å². The standard InChI is InChI=1S/C13H9F2N3O2.C6H6/c14-11(15)13-17-16-12(20-13)9-4-5-18(10(19)6-9)7-8-2-1-3-8;1-2-4-6-5-3-1/h4-6,8,11H,2,7H2;1-6H. The fourth-order valence-electron chi connectivity index (χ4n) is 2.21. The maximum Gasteiger partial charge on any atom is 0.314 e. The van der Waals surface area contributed by atoms with E-state index in [1.807, 2.05) is 36.4 Å². The van der Waals surface area contributed by atoms with Gasteiger partial charge in [0, 0.05) is 36.7 Å². The Morgan fingerprint density at radius 2 is 1.85 bits per heavy atom. The average molecular weight is 355 g/mol. The summed E-state index contributed by atoms with van der Waals surface area (Å²) >= 11 is 0. The Morgan fingerprint density at radius 1 is 1.19 bits per heavy atom. The van der Waals surface area contributed by atoms with Crippen molar-refractivity contribution in [3.63, 3.8) is 0 Å². The first-order valence-corrected chi connectivity index (χ1v) is 7.94. The lowest BCUT2D eigenvalue weighted by Gasteiger charge is -2.14. The van der Waals surface area contributed by atoms with E-state index in [1.165, 1.54) is 10.6 Å². The Kier molecular flexibility index (Phi) is 5.54. The predicted octanol–water partition coefficient (Wildman–Crippen LogP) is 3.55. The molecule has 3 aromatic rings. The predicted molar refractivity (Wildman–Crippen MR) is 91.3 cm³/mol. The molecule has 0 amide bonds. The van der Waals surface area contributed by atoms with Crippen molar-refractivity contribution in [2.24, 2.45) is 5.92 Å². The van der Waals surface area contributed by atoms with Crippen molar-refractivity contribution in [2.45, 2.75) is 19.4 Å². The van der Waals surface area contributed by atoms with Crippen molar-refractivity contribution in [1.29, 1.82) is 0 Å². The number of nitrogens with zero attached hydrogens (tertiary/aromatic N) is 3. The topological polar surface area (TPSA) is 60.9 Å². The summed E-state index contributed by atoms with van der Waals surface area (Å²) in [5.74, 6) is 5.19. The molecule has 0 spiro atoms. The molecule has 132 valence electrons. The van der Waals surface area contributed by atoms with E-state index < -0.39 is 12.3 Å². The van der Waals surface area contributed by atoms with E-state index in [9.17, 15) is 13.6 Å². The molecule has 4 rings (SSSR count). The summed E-state index contributed by atoms with van der Waals surface area (Å²) in [6.07, 6.45) is -0.465. The normalized spacial score (nSPS) is 14.7. The quantitative estimate of drug-likeness (QED) is 0.672. The number of rotatable bonds is 4. The van der Waals surface area contributed by atoms with Crippen LogP contribution in [0, 0.1) is 17.8 Å². The molecule has 2 heterocycles. The molecule has 2 aromatic heterocycles. The van der Waals surface area contributed by atoms with E-state index >= 15 is 0 Å². The zero-order valence-electron chi connectivity index (χ0n) is 13.7. The average Bonchev–Trinajstić information content (AvgIpc) is 3.11. The van der Waals surface area contributed by atoms with Crippen LogP contribution in [0.2, 0.25) is 0 Å². The van der Waals surface area contributed by atoms with Crippen molar-refractivity contribution < 1.29 is 13.2 Å². The summed E-state index contributed by atoms with van der Waals surface area (Å²) in [6.45, 7) is 0.526. The van der Waals surface area contributed by atoms with Crippen molar-refractivity contribution in [3.05, 3.63) is 71.0 Å². The van der Waals surface area contributed by atoms with Crippen molar-refractivity contribution >= 4 is 0 Å². The molecule has 1 aliphatic carbocycles. The largest absolute Gasteiger partial charge is 0.415 e. The van der Waals surface area contributed by atoms with Crippen LogP contribution in [-0.4, -0.2) is 14.8 Å². The number of hydrogen-bond donors (Lipinski definition) is 0. The fraction of sp³-hybridized carbons (Fsp3) is 0.211. The highest BCUT2D eigenvalue weighted by Crippen LogP contribution is 2.22. The van der Waals surface area contributed by atoms with Gasteiger partial charge in [-0.2, -0.15) is 8.78 Å². The molecule has 1 atom stereocenters.